The smallest absolute Gasteiger partial charge is 0.251 e. The Kier molecular flexibility index (Phi) is 5.41. The van der Waals surface area contributed by atoms with Crippen LogP contribution < -0.4 is 5.32 Å². The van der Waals surface area contributed by atoms with Crippen LogP contribution in [0.4, 0.5) is 0 Å². The van der Waals surface area contributed by atoms with Crippen LogP contribution in [-0.4, -0.2) is 21.0 Å². The average molecular weight is 376 g/mol. The second kappa shape index (κ2) is 7.63. The number of nitrogens with zero attached hydrogens (tertiary/aromatic N) is 2. The lowest BCUT2D eigenvalue weighted by molar-refractivity contribution is 0.0919. The number of aromatic nitrogens is 2. The molecule has 0 spiro atoms. The third kappa shape index (κ3) is 4.50. The summed E-state index contributed by atoms with van der Waals surface area (Å²) in [6.45, 7) is 12.3. The van der Waals surface area contributed by atoms with Gasteiger partial charge in [-0.05, 0) is 57.0 Å². The molecular weight excluding hydrogens is 346 g/mol. The van der Waals surface area contributed by atoms with Crippen molar-refractivity contribution in [3.63, 3.8) is 0 Å². The van der Waals surface area contributed by atoms with Gasteiger partial charge in [0, 0.05) is 35.1 Å². The summed E-state index contributed by atoms with van der Waals surface area (Å²) in [7, 11) is 0. The largest absolute Gasteiger partial charge is 0.347 e. The van der Waals surface area contributed by atoms with Gasteiger partial charge in [-0.3, -0.25) is 4.79 Å². The van der Waals surface area contributed by atoms with E-state index in [1.807, 2.05) is 45.3 Å². The first-order chi connectivity index (χ1) is 13.1. The van der Waals surface area contributed by atoms with Gasteiger partial charge in [0.2, 0.25) is 0 Å². The normalized spacial score (nSPS) is 11.7. The van der Waals surface area contributed by atoms with Crippen molar-refractivity contribution in [1.82, 2.24) is 14.9 Å². The maximum absolute atomic E-state index is 12.9. The lowest BCUT2D eigenvalue weighted by atomic mass is 9.99. The number of imidazole rings is 1. The van der Waals surface area contributed by atoms with Crippen molar-refractivity contribution in [2.75, 3.05) is 0 Å². The number of carbonyl (C=O) groups excluding carboxylic acids is 1. The molecule has 0 saturated heterocycles. The molecule has 0 saturated carbocycles. The van der Waals surface area contributed by atoms with Crippen molar-refractivity contribution >= 4 is 5.91 Å². The fourth-order valence-corrected chi connectivity index (χ4v) is 3.17. The first kappa shape index (κ1) is 19.9. The van der Waals surface area contributed by atoms with Crippen molar-refractivity contribution in [2.45, 2.75) is 53.0 Å². The fraction of sp³-hybridized carbons (Fsp3) is 0.333. The molecule has 4 heteroatoms. The van der Waals surface area contributed by atoms with Crippen LogP contribution >= 0.6 is 0 Å². The zero-order chi connectivity index (χ0) is 20.5. The van der Waals surface area contributed by atoms with E-state index < -0.39 is 0 Å². The number of amides is 1. The minimum atomic E-state index is -0.296. The zero-order valence-corrected chi connectivity index (χ0v) is 17.6. The van der Waals surface area contributed by atoms with Gasteiger partial charge in [0.25, 0.3) is 5.91 Å². The molecule has 0 atom stereocenters. The van der Waals surface area contributed by atoms with E-state index in [-0.39, 0.29) is 17.4 Å². The van der Waals surface area contributed by atoms with Crippen LogP contribution in [-0.2, 0) is 0 Å². The molecule has 0 fully saturated rings. The van der Waals surface area contributed by atoms with Crippen LogP contribution in [0, 0.1) is 6.92 Å². The monoisotopic (exact) mass is 375 g/mol. The van der Waals surface area contributed by atoms with Crippen LogP contribution in [0.3, 0.4) is 0 Å². The van der Waals surface area contributed by atoms with Gasteiger partial charge in [-0.2, -0.15) is 0 Å². The molecule has 1 amide bonds. The molecule has 0 unspecified atom stereocenters. The van der Waals surface area contributed by atoms with Crippen molar-refractivity contribution < 1.29 is 4.79 Å². The molecule has 0 aliphatic heterocycles. The van der Waals surface area contributed by atoms with E-state index in [4.69, 9.17) is 0 Å². The highest BCUT2D eigenvalue weighted by molar-refractivity contribution is 5.96. The van der Waals surface area contributed by atoms with Gasteiger partial charge in [-0.1, -0.05) is 43.7 Å². The summed E-state index contributed by atoms with van der Waals surface area (Å²) >= 11 is 0. The van der Waals surface area contributed by atoms with Crippen molar-refractivity contribution in [3.8, 4) is 16.8 Å². The van der Waals surface area contributed by atoms with E-state index in [1.165, 1.54) is 5.56 Å². The average Bonchev–Trinajstić information content (AvgIpc) is 3.10. The summed E-state index contributed by atoms with van der Waals surface area (Å²) < 4.78 is 2.07. The molecule has 1 N–H and O–H groups in total. The molecule has 2 aromatic carbocycles. The van der Waals surface area contributed by atoms with E-state index in [1.54, 1.807) is 0 Å². The molecule has 1 heterocycles. The third-order valence-corrected chi connectivity index (χ3v) is 4.52. The predicted molar refractivity (Wildman–Crippen MR) is 115 cm³/mol. The molecule has 0 radical (unpaired) electrons. The van der Waals surface area contributed by atoms with Gasteiger partial charge in [0.1, 0.15) is 5.82 Å². The second-order valence-corrected chi connectivity index (χ2v) is 8.65. The highest BCUT2D eigenvalue weighted by atomic mass is 16.1. The summed E-state index contributed by atoms with van der Waals surface area (Å²) in [5, 5.41) is 3.07. The van der Waals surface area contributed by atoms with E-state index in [0.717, 1.165) is 22.6 Å². The maximum Gasteiger partial charge on any atom is 0.251 e. The number of aryl methyl sites for hydroxylation is 1. The lowest BCUT2D eigenvalue weighted by Gasteiger charge is -2.21. The summed E-state index contributed by atoms with van der Waals surface area (Å²) in [5.41, 5.74) is 4.60. The quantitative estimate of drug-likeness (QED) is 0.654. The number of nitrogens with one attached hydrogen (secondary N) is 1. The SMILES string of the molecule is Cc1ccc(-c2cc(C(=O)NC(C)(C)C)cc(-n3ccnc3C(C)C)c2)cc1. The molecule has 0 aliphatic rings. The van der Waals surface area contributed by atoms with Crippen LogP contribution in [0.5, 0.6) is 0 Å². The number of benzene rings is 2. The van der Waals surface area contributed by atoms with E-state index in [0.29, 0.717) is 5.56 Å². The Hall–Kier alpha value is -2.88. The van der Waals surface area contributed by atoms with E-state index in [9.17, 15) is 4.79 Å². The number of carbonyl (C=O) groups is 1. The topological polar surface area (TPSA) is 46.9 Å². The van der Waals surface area contributed by atoms with Gasteiger partial charge in [0.05, 0.1) is 0 Å². The van der Waals surface area contributed by atoms with Crippen molar-refractivity contribution in [3.05, 3.63) is 71.8 Å². The molecule has 4 nitrogen and oxygen atoms in total. The molecule has 146 valence electrons. The molecule has 0 aliphatic carbocycles. The predicted octanol–water partition coefficient (Wildman–Crippen LogP) is 5.50. The lowest BCUT2D eigenvalue weighted by Crippen LogP contribution is -2.40. The van der Waals surface area contributed by atoms with Crippen LogP contribution in [0.25, 0.3) is 16.8 Å². The van der Waals surface area contributed by atoms with Gasteiger partial charge < -0.3 is 9.88 Å². The van der Waals surface area contributed by atoms with Gasteiger partial charge in [-0.25, -0.2) is 4.98 Å². The number of rotatable bonds is 4. The standard InChI is InChI=1S/C24H29N3O/c1-16(2)22-25-11-12-27(22)21-14-19(18-9-7-17(3)8-10-18)13-20(15-21)23(28)26-24(4,5)6/h7-16H,1-6H3,(H,26,28). The Morgan fingerprint density at radius 1 is 1.04 bits per heavy atom. The second-order valence-electron chi connectivity index (χ2n) is 8.65. The summed E-state index contributed by atoms with van der Waals surface area (Å²) in [5.74, 6) is 1.18. The van der Waals surface area contributed by atoms with Crippen LogP contribution in [0.15, 0.2) is 54.9 Å². The fourth-order valence-electron chi connectivity index (χ4n) is 3.17. The van der Waals surface area contributed by atoms with E-state index in [2.05, 4.69) is 66.0 Å². The minimum absolute atomic E-state index is 0.0751. The molecule has 28 heavy (non-hydrogen) atoms. The molecule has 1 aromatic heterocycles. The highest BCUT2D eigenvalue weighted by Gasteiger charge is 2.18. The van der Waals surface area contributed by atoms with Crippen molar-refractivity contribution in [1.29, 1.82) is 0 Å². The maximum atomic E-state index is 12.9. The zero-order valence-electron chi connectivity index (χ0n) is 17.6. The minimum Gasteiger partial charge on any atom is -0.347 e. The Bertz CT molecular complexity index is 976. The Morgan fingerprint density at radius 3 is 2.32 bits per heavy atom. The molecule has 0 bridgehead atoms. The molecule has 3 aromatic rings. The summed E-state index contributed by atoms with van der Waals surface area (Å²) in [6.07, 6.45) is 3.76. The van der Waals surface area contributed by atoms with E-state index >= 15 is 0 Å². The first-order valence-electron chi connectivity index (χ1n) is 9.72. The van der Waals surface area contributed by atoms with Crippen LogP contribution in [0.2, 0.25) is 0 Å². The Morgan fingerprint density at radius 2 is 1.71 bits per heavy atom. The Balaban J connectivity index is 2.15. The van der Waals surface area contributed by atoms with Gasteiger partial charge in [-0.15, -0.1) is 0 Å². The molecule has 3 rings (SSSR count). The van der Waals surface area contributed by atoms with Gasteiger partial charge >= 0.3 is 0 Å². The first-order valence-corrected chi connectivity index (χ1v) is 9.72. The van der Waals surface area contributed by atoms with Gasteiger partial charge in [0.15, 0.2) is 0 Å². The molecular formula is C24H29N3O. The Labute approximate surface area is 167 Å². The van der Waals surface area contributed by atoms with Crippen LogP contribution in [0.1, 0.15) is 62.3 Å². The number of hydrogen-bond acceptors (Lipinski definition) is 2. The summed E-state index contributed by atoms with van der Waals surface area (Å²) in [6, 6.07) is 14.4. The number of hydrogen-bond donors (Lipinski definition) is 1. The summed E-state index contributed by atoms with van der Waals surface area (Å²) in [4.78, 5) is 17.4. The highest BCUT2D eigenvalue weighted by Crippen LogP contribution is 2.27. The van der Waals surface area contributed by atoms with Crippen molar-refractivity contribution in [2.24, 2.45) is 0 Å². The third-order valence-electron chi connectivity index (χ3n) is 4.52.